The van der Waals surface area contributed by atoms with E-state index in [2.05, 4.69) is 23.2 Å². The van der Waals surface area contributed by atoms with E-state index >= 15 is 0 Å². The number of aryl methyl sites for hydroxylation is 1. The lowest BCUT2D eigenvalue weighted by atomic mass is 10.0. The Kier molecular flexibility index (Phi) is 6.01. The minimum Gasteiger partial charge on any atom is -0.371 e. The summed E-state index contributed by atoms with van der Waals surface area (Å²) in [6.07, 6.45) is 3.26. The van der Waals surface area contributed by atoms with Gasteiger partial charge in [0.15, 0.2) is 0 Å². The van der Waals surface area contributed by atoms with Crippen molar-refractivity contribution in [3.8, 4) is 11.1 Å². The molecule has 0 saturated carbocycles. The molecular formula is C28H26ClN3O. The van der Waals surface area contributed by atoms with Crippen LogP contribution in [0.25, 0.3) is 22.0 Å². The Morgan fingerprint density at radius 2 is 1.67 bits per heavy atom. The first kappa shape index (κ1) is 21.5. The minimum absolute atomic E-state index is 0.127. The topological polar surface area (TPSA) is 45.2 Å². The lowest BCUT2D eigenvalue weighted by Gasteiger charge is -2.34. The maximum atomic E-state index is 12.9. The molecule has 33 heavy (non-hydrogen) atoms. The molecule has 1 aliphatic rings. The standard InChI is InChI=1S/C28H26ClN3O/c1-2-4-23-18-27(32-15-3-16-32)25-17-24(13-14-26(25)30-23)31-28(33)21-7-5-19(6-8-21)20-9-11-22(29)12-10-20/h5-14,17-18H,2-4,15-16H2,1H3,(H,31,33). The van der Waals surface area contributed by atoms with Crippen molar-refractivity contribution in [3.05, 3.63) is 89.1 Å². The third-order valence-corrected chi connectivity index (χ3v) is 6.38. The quantitative estimate of drug-likeness (QED) is 0.341. The van der Waals surface area contributed by atoms with E-state index in [1.165, 1.54) is 12.1 Å². The van der Waals surface area contributed by atoms with E-state index in [1.54, 1.807) is 0 Å². The van der Waals surface area contributed by atoms with Crippen LogP contribution in [-0.4, -0.2) is 24.0 Å². The van der Waals surface area contributed by atoms with Gasteiger partial charge in [-0.1, -0.05) is 49.2 Å². The van der Waals surface area contributed by atoms with E-state index in [0.29, 0.717) is 10.6 Å². The SMILES string of the molecule is CCCc1cc(N2CCC2)c2cc(NC(=O)c3ccc(-c4ccc(Cl)cc4)cc3)ccc2n1. The van der Waals surface area contributed by atoms with Crippen molar-refractivity contribution in [1.29, 1.82) is 0 Å². The van der Waals surface area contributed by atoms with Crippen molar-refractivity contribution in [3.63, 3.8) is 0 Å². The molecule has 3 aromatic carbocycles. The zero-order valence-electron chi connectivity index (χ0n) is 18.6. The summed E-state index contributed by atoms with van der Waals surface area (Å²) in [5.41, 5.74) is 6.83. The summed E-state index contributed by atoms with van der Waals surface area (Å²) >= 11 is 5.98. The molecule has 4 nitrogen and oxygen atoms in total. The summed E-state index contributed by atoms with van der Waals surface area (Å²) in [5.74, 6) is -0.127. The van der Waals surface area contributed by atoms with Gasteiger partial charge in [0, 0.05) is 46.1 Å². The van der Waals surface area contributed by atoms with Crippen molar-refractivity contribution < 1.29 is 4.79 Å². The number of carbonyl (C=O) groups excluding carboxylic acids is 1. The number of fused-ring (bicyclic) bond motifs is 1. The van der Waals surface area contributed by atoms with Gasteiger partial charge in [-0.05, 0) is 72.5 Å². The highest BCUT2D eigenvalue weighted by atomic mass is 35.5. The van der Waals surface area contributed by atoms with Gasteiger partial charge in [0.2, 0.25) is 0 Å². The lowest BCUT2D eigenvalue weighted by molar-refractivity contribution is 0.102. The van der Waals surface area contributed by atoms with Gasteiger partial charge in [-0.25, -0.2) is 0 Å². The molecule has 1 aromatic heterocycles. The number of anilines is 2. The fourth-order valence-corrected chi connectivity index (χ4v) is 4.33. The van der Waals surface area contributed by atoms with Gasteiger partial charge in [0.25, 0.3) is 5.91 Å². The smallest absolute Gasteiger partial charge is 0.255 e. The largest absolute Gasteiger partial charge is 0.371 e. The van der Waals surface area contributed by atoms with Crippen LogP contribution >= 0.6 is 11.6 Å². The van der Waals surface area contributed by atoms with Crippen molar-refractivity contribution >= 4 is 39.8 Å². The number of aromatic nitrogens is 1. The first-order chi connectivity index (χ1) is 16.1. The summed E-state index contributed by atoms with van der Waals surface area (Å²) in [5, 5.41) is 4.85. The predicted octanol–water partition coefficient (Wildman–Crippen LogP) is 6.97. The van der Waals surface area contributed by atoms with Gasteiger partial charge in [0.05, 0.1) is 5.52 Å². The normalized spacial score (nSPS) is 13.1. The third-order valence-electron chi connectivity index (χ3n) is 6.13. The van der Waals surface area contributed by atoms with Gasteiger partial charge in [-0.2, -0.15) is 0 Å². The maximum absolute atomic E-state index is 12.9. The number of halogens is 1. The summed E-state index contributed by atoms with van der Waals surface area (Å²) in [6, 6.07) is 23.5. The van der Waals surface area contributed by atoms with Gasteiger partial charge >= 0.3 is 0 Å². The molecule has 0 unspecified atom stereocenters. The molecule has 0 aliphatic carbocycles. The van der Waals surface area contributed by atoms with Crippen LogP contribution in [0.4, 0.5) is 11.4 Å². The van der Waals surface area contributed by atoms with E-state index in [1.807, 2.05) is 66.7 Å². The Hall–Kier alpha value is -3.37. The van der Waals surface area contributed by atoms with E-state index in [0.717, 1.165) is 59.3 Å². The molecule has 4 aromatic rings. The molecule has 166 valence electrons. The van der Waals surface area contributed by atoms with Gasteiger partial charge < -0.3 is 10.2 Å². The molecule has 1 saturated heterocycles. The van der Waals surface area contributed by atoms with Crippen molar-refractivity contribution in [1.82, 2.24) is 4.98 Å². The van der Waals surface area contributed by atoms with Crippen LogP contribution in [0.2, 0.25) is 5.02 Å². The zero-order chi connectivity index (χ0) is 22.8. The highest BCUT2D eigenvalue weighted by Crippen LogP contribution is 2.32. The van der Waals surface area contributed by atoms with Crippen LogP contribution in [0.3, 0.4) is 0 Å². The van der Waals surface area contributed by atoms with Crippen molar-refractivity contribution in [2.24, 2.45) is 0 Å². The minimum atomic E-state index is -0.127. The Morgan fingerprint density at radius 3 is 2.30 bits per heavy atom. The second-order valence-electron chi connectivity index (χ2n) is 8.49. The fraction of sp³-hybridized carbons (Fsp3) is 0.214. The molecule has 0 bridgehead atoms. The summed E-state index contributed by atoms with van der Waals surface area (Å²) in [4.78, 5) is 20.1. The summed E-state index contributed by atoms with van der Waals surface area (Å²) in [6.45, 7) is 4.32. The number of rotatable bonds is 6. The van der Waals surface area contributed by atoms with Gasteiger partial charge in [0.1, 0.15) is 0 Å². The fourth-order valence-electron chi connectivity index (χ4n) is 4.20. The Balaban J connectivity index is 1.38. The van der Waals surface area contributed by atoms with Crippen LogP contribution in [-0.2, 0) is 6.42 Å². The Bertz CT molecular complexity index is 1300. The number of hydrogen-bond acceptors (Lipinski definition) is 3. The van der Waals surface area contributed by atoms with Gasteiger partial charge in [-0.15, -0.1) is 0 Å². The van der Waals surface area contributed by atoms with E-state index in [4.69, 9.17) is 16.6 Å². The highest BCUT2D eigenvalue weighted by molar-refractivity contribution is 6.30. The third kappa shape index (κ3) is 4.57. The number of carbonyl (C=O) groups is 1. The molecule has 0 spiro atoms. The second-order valence-corrected chi connectivity index (χ2v) is 8.93. The summed E-state index contributed by atoms with van der Waals surface area (Å²) in [7, 11) is 0. The first-order valence-electron chi connectivity index (χ1n) is 11.5. The van der Waals surface area contributed by atoms with Crippen LogP contribution in [0, 0.1) is 0 Å². The number of benzene rings is 3. The van der Waals surface area contributed by atoms with E-state index in [9.17, 15) is 4.79 Å². The molecule has 0 atom stereocenters. The van der Waals surface area contributed by atoms with Gasteiger partial charge in [-0.3, -0.25) is 9.78 Å². The molecule has 5 rings (SSSR count). The van der Waals surface area contributed by atoms with Crippen LogP contribution in [0.5, 0.6) is 0 Å². The van der Waals surface area contributed by atoms with E-state index < -0.39 is 0 Å². The second kappa shape index (κ2) is 9.24. The Labute approximate surface area is 199 Å². The number of hydrogen-bond donors (Lipinski definition) is 1. The molecule has 1 fully saturated rings. The van der Waals surface area contributed by atoms with Crippen molar-refractivity contribution in [2.45, 2.75) is 26.2 Å². The lowest BCUT2D eigenvalue weighted by Crippen LogP contribution is -2.37. The predicted molar refractivity (Wildman–Crippen MR) is 137 cm³/mol. The van der Waals surface area contributed by atoms with Crippen LogP contribution in [0.1, 0.15) is 35.8 Å². The monoisotopic (exact) mass is 455 g/mol. The molecule has 1 amide bonds. The zero-order valence-corrected chi connectivity index (χ0v) is 19.4. The number of pyridine rings is 1. The van der Waals surface area contributed by atoms with Crippen molar-refractivity contribution in [2.75, 3.05) is 23.3 Å². The number of nitrogens with zero attached hydrogens (tertiary/aromatic N) is 2. The number of nitrogens with one attached hydrogen (secondary N) is 1. The first-order valence-corrected chi connectivity index (χ1v) is 11.8. The number of amides is 1. The highest BCUT2D eigenvalue weighted by Gasteiger charge is 2.19. The Morgan fingerprint density at radius 1 is 0.970 bits per heavy atom. The molecular weight excluding hydrogens is 430 g/mol. The molecule has 2 heterocycles. The molecule has 1 aliphatic heterocycles. The summed E-state index contributed by atoms with van der Waals surface area (Å²) < 4.78 is 0. The van der Waals surface area contributed by atoms with E-state index in [-0.39, 0.29) is 5.91 Å². The molecule has 0 radical (unpaired) electrons. The molecule has 1 N–H and O–H groups in total. The van der Waals surface area contributed by atoms with Crippen LogP contribution in [0.15, 0.2) is 72.8 Å². The average molecular weight is 456 g/mol. The maximum Gasteiger partial charge on any atom is 0.255 e. The average Bonchev–Trinajstić information content (AvgIpc) is 2.79. The van der Waals surface area contributed by atoms with Crippen LogP contribution < -0.4 is 10.2 Å². The molecule has 5 heteroatoms.